The van der Waals surface area contributed by atoms with Crippen molar-refractivity contribution in [3.05, 3.63) is 69.0 Å². The molecule has 0 atom stereocenters. The van der Waals surface area contributed by atoms with Gasteiger partial charge in [0.2, 0.25) is 0 Å². The molecule has 1 aliphatic rings. The van der Waals surface area contributed by atoms with E-state index in [9.17, 15) is 10.1 Å². The van der Waals surface area contributed by atoms with E-state index < -0.39 is 0 Å². The molecule has 4 rings (SSSR count). The summed E-state index contributed by atoms with van der Waals surface area (Å²) in [7, 11) is 0. The molecule has 6 heteroatoms. The number of allylic oxidation sites excluding steroid dienone is 1. The second-order valence-corrected chi connectivity index (χ2v) is 6.08. The van der Waals surface area contributed by atoms with E-state index in [2.05, 4.69) is 15.5 Å². The number of hydrogen-bond acceptors (Lipinski definition) is 4. The minimum Gasteiger partial charge on any atom is -0.258 e. The number of hydrogen-bond donors (Lipinski definition) is 0. The van der Waals surface area contributed by atoms with Gasteiger partial charge >= 0.3 is 4.96 Å². The average molecular weight is 310 g/mol. The first-order valence-corrected chi connectivity index (χ1v) is 7.82. The molecule has 0 fully saturated rings. The Morgan fingerprint density at radius 2 is 2.09 bits per heavy atom. The maximum atomic E-state index is 10.7. The number of rotatable bonds is 2. The summed E-state index contributed by atoms with van der Waals surface area (Å²) in [6, 6.07) is 6.67. The Labute approximate surface area is 130 Å². The quantitative estimate of drug-likeness (QED) is 0.414. The Kier molecular flexibility index (Phi) is 2.97. The van der Waals surface area contributed by atoms with Crippen molar-refractivity contribution in [3.63, 3.8) is 0 Å². The van der Waals surface area contributed by atoms with Crippen LogP contribution in [0.5, 0.6) is 0 Å². The van der Waals surface area contributed by atoms with Crippen molar-refractivity contribution >= 4 is 33.6 Å². The number of nitro benzene ring substituents is 1. The lowest BCUT2D eigenvalue weighted by atomic mass is 10.1. The largest absolute Gasteiger partial charge is 0.387 e. The molecular formula is C16H12N3O2S+. The van der Waals surface area contributed by atoms with Gasteiger partial charge in [0.15, 0.2) is 0 Å². The van der Waals surface area contributed by atoms with Gasteiger partial charge in [-0.3, -0.25) is 10.1 Å². The number of aromatic nitrogens is 2. The highest BCUT2D eigenvalue weighted by Crippen LogP contribution is 2.31. The molecule has 0 N–H and O–H groups in total. The first-order chi connectivity index (χ1) is 10.7. The third-order valence-corrected chi connectivity index (χ3v) is 4.65. The molecule has 3 aromatic rings. The maximum absolute atomic E-state index is 10.7. The normalized spacial score (nSPS) is 15.4. The SMILES string of the molecule is O=[N+]([O-])c1ccc(/C=C2\CCc3cnc4scc[n+]4c32)cc1. The fourth-order valence-electron chi connectivity index (χ4n) is 2.85. The van der Waals surface area contributed by atoms with Gasteiger partial charge in [0.1, 0.15) is 18.1 Å². The summed E-state index contributed by atoms with van der Waals surface area (Å²) in [5, 5.41) is 12.8. The maximum Gasteiger partial charge on any atom is 0.387 e. The molecule has 0 unspecified atom stereocenters. The predicted molar refractivity (Wildman–Crippen MR) is 84.6 cm³/mol. The van der Waals surface area contributed by atoms with Gasteiger partial charge in [0, 0.05) is 28.6 Å². The Bertz CT molecular complexity index is 913. The van der Waals surface area contributed by atoms with E-state index in [1.807, 2.05) is 17.8 Å². The molecule has 1 aromatic carbocycles. The zero-order valence-electron chi connectivity index (χ0n) is 11.6. The summed E-state index contributed by atoms with van der Waals surface area (Å²) >= 11 is 1.62. The molecule has 0 amide bonds. The van der Waals surface area contributed by atoms with Crippen LogP contribution in [-0.4, -0.2) is 9.91 Å². The molecule has 0 spiro atoms. The van der Waals surface area contributed by atoms with E-state index in [-0.39, 0.29) is 10.6 Å². The highest BCUT2D eigenvalue weighted by Gasteiger charge is 2.25. The number of fused-ring (bicyclic) bond motifs is 3. The number of nitrogens with zero attached hydrogens (tertiary/aromatic N) is 3. The Morgan fingerprint density at radius 3 is 2.86 bits per heavy atom. The highest BCUT2D eigenvalue weighted by molar-refractivity contribution is 7.14. The molecule has 22 heavy (non-hydrogen) atoms. The number of non-ortho nitro benzene ring substituents is 1. The van der Waals surface area contributed by atoms with E-state index in [1.54, 1.807) is 35.6 Å². The Hall–Kier alpha value is -2.60. The lowest BCUT2D eigenvalue weighted by Gasteiger charge is -2.00. The van der Waals surface area contributed by atoms with Crippen LogP contribution in [0.1, 0.15) is 23.2 Å². The van der Waals surface area contributed by atoms with E-state index in [0.29, 0.717) is 0 Å². The van der Waals surface area contributed by atoms with E-state index in [1.165, 1.54) is 16.8 Å². The van der Waals surface area contributed by atoms with Gasteiger partial charge in [0.05, 0.1) is 4.92 Å². The second kappa shape index (κ2) is 4.99. The van der Waals surface area contributed by atoms with Crippen LogP contribution in [0, 0.1) is 10.1 Å². The van der Waals surface area contributed by atoms with Crippen molar-refractivity contribution < 1.29 is 9.32 Å². The number of thiazole rings is 1. The molecule has 108 valence electrons. The molecule has 2 aromatic heterocycles. The molecule has 1 aliphatic carbocycles. The smallest absolute Gasteiger partial charge is 0.258 e. The van der Waals surface area contributed by atoms with Crippen LogP contribution in [0.15, 0.2) is 42.0 Å². The van der Waals surface area contributed by atoms with Crippen LogP contribution in [0.2, 0.25) is 0 Å². The summed E-state index contributed by atoms with van der Waals surface area (Å²) < 4.78 is 2.13. The lowest BCUT2D eigenvalue weighted by molar-refractivity contribution is -0.513. The first kappa shape index (κ1) is 13.1. The van der Waals surface area contributed by atoms with Crippen LogP contribution >= 0.6 is 11.3 Å². The van der Waals surface area contributed by atoms with Gasteiger partial charge in [-0.05, 0) is 41.6 Å². The minimum atomic E-state index is -0.377. The molecule has 0 aliphatic heterocycles. The van der Waals surface area contributed by atoms with E-state index in [4.69, 9.17) is 0 Å². The standard InChI is InChI=1S/C16H12N3O2S/c20-19(21)14-5-1-11(2-6-14)9-12-3-4-13-10-17-16-18(15(12)13)7-8-22-16/h1-2,5-10H,3-4H2/q+1/b12-9+. The average Bonchev–Trinajstić information content (AvgIpc) is 3.14. The van der Waals surface area contributed by atoms with Gasteiger partial charge in [-0.15, -0.1) is 0 Å². The van der Waals surface area contributed by atoms with Gasteiger partial charge in [-0.25, -0.2) is 0 Å². The molecule has 0 saturated heterocycles. The van der Waals surface area contributed by atoms with Crippen molar-refractivity contribution in [2.75, 3.05) is 0 Å². The first-order valence-electron chi connectivity index (χ1n) is 6.94. The van der Waals surface area contributed by atoms with Crippen LogP contribution in [0.3, 0.4) is 0 Å². The molecule has 0 bridgehead atoms. The van der Waals surface area contributed by atoms with E-state index in [0.717, 1.165) is 23.4 Å². The number of aryl methyl sites for hydroxylation is 1. The van der Waals surface area contributed by atoms with Crippen molar-refractivity contribution in [2.24, 2.45) is 0 Å². The molecule has 0 radical (unpaired) electrons. The third-order valence-electron chi connectivity index (χ3n) is 3.88. The molecule has 0 saturated carbocycles. The fourth-order valence-corrected chi connectivity index (χ4v) is 3.53. The summed E-state index contributed by atoms with van der Waals surface area (Å²) in [4.78, 5) is 15.8. The lowest BCUT2D eigenvalue weighted by Crippen LogP contribution is -2.24. The van der Waals surface area contributed by atoms with Crippen molar-refractivity contribution in [1.29, 1.82) is 0 Å². The fraction of sp³-hybridized carbons (Fsp3) is 0.125. The van der Waals surface area contributed by atoms with Gasteiger partial charge in [-0.1, -0.05) is 11.3 Å². The predicted octanol–water partition coefficient (Wildman–Crippen LogP) is 3.28. The Balaban J connectivity index is 1.79. The molecular weight excluding hydrogens is 298 g/mol. The van der Waals surface area contributed by atoms with Gasteiger partial charge < -0.3 is 0 Å². The van der Waals surface area contributed by atoms with Crippen molar-refractivity contribution in [3.8, 4) is 0 Å². The van der Waals surface area contributed by atoms with Gasteiger partial charge in [0.25, 0.3) is 5.69 Å². The zero-order chi connectivity index (χ0) is 15.1. The van der Waals surface area contributed by atoms with Crippen LogP contribution < -0.4 is 4.40 Å². The summed E-state index contributed by atoms with van der Waals surface area (Å²) in [5.74, 6) is 0. The summed E-state index contributed by atoms with van der Waals surface area (Å²) in [6.07, 6.45) is 8.06. The van der Waals surface area contributed by atoms with Crippen molar-refractivity contribution in [2.45, 2.75) is 12.8 Å². The van der Waals surface area contributed by atoms with Crippen molar-refractivity contribution in [1.82, 2.24) is 4.98 Å². The molecule has 5 nitrogen and oxygen atoms in total. The van der Waals surface area contributed by atoms with Crippen LogP contribution in [0.25, 0.3) is 16.6 Å². The minimum absolute atomic E-state index is 0.118. The number of nitro groups is 1. The van der Waals surface area contributed by atoms with E-state index >= 15 is 0 Å². The topological polar surface area (TPSA) is 60.1 Å². The summed E-state index contributed by atoms with van der Waals surface area (Å²) in [6.45, 7) is 0. The van der Waals surface area contributed by atoms with Crippen LogP contribution in [-0.2, 0) is 6.42 Å². The van der Waals surface area contributed by atoms with Gasteiger partial charge in [-0.2, -0.15) is 4.40 Å². The highest BCUT2D eigenvalue weighted by atomic mass is 32.1. The second-order valence-electron chi connectivity index (χ2n) is 5.21. The van der Waals surface area contributed by atoms with Crippen LogP contribution in [0.4, 0.5) is 5.69 Å². The monoisotopic (exact) mass is 310 g/mol. The Morgan fingerprint density at radius 1 is 1.27 bits per heavy atom. The number of benzene rings is 1. The summed E-state index contributed by atoms with van der Waals surface area (Å²) in [5.41, 5.74) is 4.82. The molecule has 2 heterocycles. The zero-order valence-corrected chi connectivity index (χ0v) is 12.4. The third kappa shape index (κ3) is 2.08.